The maximum atomic E-state index is 15.7. The Hall–Kier alpha value is -3.92. The van der Waals surface area contributed by atoms with E-state index < -0.39 is 47.9 Å². The van der Waals surface area contributed by atoms with Crippen LogP contribution in [-0.4, -0.2) is 57.5 Å². The van der Waals surface area contributed by atoms with Gasteiger partial charge in [0.25, 0.3) is 5.56 Å². The molecule has 0 radical (unpaired) electrons. The Balaban J connectivity index is 1.71. The van der Waals surface area contributed by atoms with Crippen molar-refractivity contribution in [1.29, 1.82) is 0 Å². The van der Waals surface area contributed by atoms with Gasteiger partial charge in [-0.1, -0.05) is 32.0 Å². The number of amides is 1. The molecule has 3 aromatic rings. The maximum Gasteiger partial charge on any atom is 0.305 e. The van der Waals surface area contributed by atoms with Gasteiger partial charge in [0.2, 0.25) is 5.91 Å². The van der Waals surface area contributed by atoms with Crippen molar-refractivity contribution in [2.45, 2.75) is 79.1 Å². The molecule has 0 aliphatic carbocycles. The van der Waals surface area contributed by atoms with E-state index in [-0.39, 0.29) is 17.9 Å². The topological polar surface area (TPSA) is 105 Å². The Morgan fingerprint density at radius 1 is 1.05 bits per heavy atom. The summed E-state index contributed by atoms with van der Waals surface area (Å²) in [6, 6.07) is 8.61. The SMILES string of the molecule is Cc1cc(-c2c(C)cccc2C)cc([C@H](CC(=O)O)NC(=O)[C@H](CC(C)C)n2nc(CCN3CC(F)C3)cc(C)c2=O)c1F. The standard InChI is InChI=1S/C34H42F2N4O4/c1-19(2)12-29(40-34(44)23(6)14-26(38-40)10-11-39-17-25(35)18-39)33(43)37-28(16-30(41)42)27-15-24(13-22(5)32(27)36)31-20(3)8-7-9-21(31)4/h7-9,13-15,19,25,28-29H,10-12,16-18H2,1-6H3,(H,37,43)(H,41,42)/t28-,29-/m0/s1. The number of benzene rings is 2. The predicted octanol–water partition coefficient (Wildman–Crippen LogP) is 5.40. The van der Waals surface area contributed by atoms with Gasteiger partial charge in [0.15, 0.2) is 0 Å². The minimum atomic E-state index is -1.21. The van der Waals surface area contributed by atoms with Crippen molar-refractivity contribution in [3.8, 4) is 11.1 Å². The largest absolute Gasteiger partial charge is 0.481 e. The number of aryl methyl sites for hydroxylation is 4. The van der Waals surface area contributed by atoms with Crippen LogP contribution in [0.25, 0.3) is 11.1 Å². The van der Waals surface area contributed by atoms with Crippen LogP contribution >= 0.6 is 0 Å². The molecule has 1 aliphatic heterocycles. The molecule has 4 rings (SSSR count). The molecule has 0 unspecified atom stereocenters. The van der Waals surface area contributed by atoms with Crippen molar-refractivity contribution in [2.75, 3.05) is 19.6 Å². The van der Waals surface area contributed by atoms with Crippen LogP contribution < -0.4 is 10.9 Å². The summed E-state index contributed by atoms with van der Waals surface area (Å²) in [5, 5.41) is 17.1. The summed E-state index contributed by atoms with van der Waals surface area (Å²) in [6.45, 7) is 12.3. The van der Waals surface area contributed by atoms with Gasteiger partial charge < -0.3 is 10.4 Å². The highest BCUT2D eigenvalue weighted by molar-refractivity contribution is 5.82. The van der Waals surface area contributed by atoms with Gasteiger partial charge in [0.1, 0.15) is 18.0 Å². The van der Waals surface area contributed by atoms with E-state index in [4.69, 9.17) is 0 Å². The minimum Gasteiger partial charge on any atom is -0.481 e. The number of aromatic nitrogens is 2. The molecular formula is C34H42F2N4O4. The molecule has 2 heterocycles. The third kappa shape index (κ3) is 7.59. The Labute approximate surface area is 257 Å². The van der Waals surface area contributed by atoms with Crippen molar-refractivity contribution in [3.05, 3.63) is 86.1 Å². The Morgan fingerprint density at radius 3 is 2.30 bits per heavy atom. The first-order valence-corrected chi connectivity index (χ1v) is 15.1. The van der Waals surface area contributed by atoms with Crippen LogP contribution in [0, 0.1) is 39.4 Å². The third-order valence-corrected chi connectivity index (χ3v) is 8.18. The monoisotopic (exact) mass is 608 g/mol. The molecule has 1 aliphatic rings. The van der Waals surface area contributed by atoms with Gasteiger partial charge in [-0.25, -0.2) is 13.5 Å². The molecule has 1 amide bonds. The van der Waals surface area contributed by atoms with Crippen molar-refractivity contribution < 1.29 is 23.5 Å². The predicted molar refractivity (Wildman–Crippen MR) is 166 cm³/mol. The Morgan fingerprint density at radius 2 is 1.70 bits per heavy atom. The summed E-state index contributed by atoms with van der Waals surface area (Å²) in [5.41, 5.74) is 4.56. The molecule has 0 spiro atoms. The molecule has 1 fully saturated rings. The lowest BCUT2D eigenvalue weighted by atomic mass is 9.90. The number of hydrogen-bond donors (Lipinski definition) is 2. The molecule has 1 saturated heterocycles. The average Bonchev–Trinajstić information content (AvgIpc) is 2.92. The minimum absolute atomic E-state index is 0.0183. The van der Waals surface area contributed by atoms with E-state index in [2.05, 4.69) is 10.4 Å². The summed E-state index contributed by atoms with van der Waals surface area (Å²) in [4.78, 5) is 41.2. The second kappa shape index (κ2) is 13.8. The Bertz CT molecular complexity index is 1580. The second-order valence-electron chi connectivity index (χ2n) is 12.4. The number of halogens is 2. The molecule has 8 nitrogen and oxygen atoms in total. The number of hydrogen-bond acceptors (Lipinski definition) is 5. The molecule has 236 valence electrons. The van der Waals surface area contributed by atoms with Crippen LogP contribution in [-0.2, 0) is 16.0 Å². The van der Waals surface area contributed by atoms with Gasteiger partial charge in [-0.3, -0.25) is 19.3 Å². The fourth-order valence-corrected chi connectivity index (χ4v) is 5.91. The zero-order chi connectivity index (χ0) is 32.3. The van der Waals surface area contributed by atoms with Crippen LogP contribution in [0.2, 0.25) is 0 Å². The first-order chi connectivity index (χ1) is 20.7. The summed E-state index contributed by atoms with van der Waals surface area (Å²) in [5.74, 6) is -2.44. The van der Waals surface area contributed by atoms with E-state index in [1.165, 1.54) is 4.68 Å². The highest BCUT2D eigenvalue weighted by atomic mass is 19.1. The number of carboxylic acid groups (broad SMARTS) is 1. The van der Waals surface area contributed by atoms with E-state index >= 15 is 4.39 Å². The lowest BCUT2D eigenvalue weighted by Crippen LogP contribution is -2.49. The number of nitrogens with one attached hydrogen (secondary N) is 1. The van der Waals surface area contributed by atoms with Crippen molar-refractivity contribution in [2.24, 2.45) is 5.92 Å². The van der Waals surface area contributed by atoms with Crippen molar-refractivity contribution >= 4 is 11.9 Å². The van der Waals surface area contributed by atoms with Crippen LogP contribution in [0.1, 0.15) is 72.3 Å². The van der Waals surface area contributed by atoms with Crippen LogP contribution in [0.15, 0.2) is 41.2 Å². The molecule has 44 heavy (non-hydrogen) atoms. The lowest BCUT2D eigenvalue weighted by Gasteiger charge is -2.34. The summed E-state index contributed by atoms with van der Waals surface area (Å²) in [7, 11) is 0. The summed E-state index contributed by atoms with van der Waals surface area (Å²) >= 11 is 0. The number of rotatable bonds is 12. The van der Waals surface area contributed by atoms with Gasteiger partial charge in [-0.15, -0.1) is 0 Å². The van der Waals surface area contributed by atoms with Crippen LogP contribution in [0.4, 0.5) is 8.78 Å². The fraction of sp³-hybridized carbons (Fsp3) is 0.471. The maximum absolute atomic E-state index is 15.7. The molecule has 1 aromatic heterocycles. The summed E-state index contributed by atoms with van der Waals surface area (Å²) in [6.07, 6.45) is -0.659. The van der Waals surface area contributed by atoms with Gasteiger partial charge in [0.05, 0.1) is 18.2 Å². The quantitative estimate of drug-likeness (QED) is 0.286. The second-order valence-corrected chi connectivity index (χ2v) is 12.4. The number of alkyl halides is 1. The number of likely N-dealkylation sites (tertiary alicyclic amines) is 1. The lowest BCUT2D eigenvalue weighted by molar-refractivity contribution is -0.138. The van der Waals surface area contributed by atoms with Gasteiger partial charge in [-0.05, 0) is 86.1 Å². The van der Waals surface area contributed by atoms with Gasteiger partial charge in [0, 0.05) is 37.2 Å². The smallest absolute Gasteiger partial charge is 0.305 e. The molecule has 2 atom stereocenters. The van der Waals surface area contributed by atoms with Crippen LogP contribution in [0.5, 0.6) is 0 Å². The van der Waals surface area contributed by atoms with E-state index in [1.807, 2.05) is 50.8 Å². The van der Waals surface area contributed by atoms with Crippen molar-refractivity contribution in [3.63, 3.8) is 0 Å². The third-order valence-electron chi connectivity index (χ3n) is 8.18. The Kier molecular flexibility index (Phi) is 10.3. The number of carbonyl (C=O) groups is 2. The fourth-order valence-electron chi connectivity index (χ4n) is 5.91. The zero-order valence-electron chi connectivity index (χ0n) is 26.3. The first kappa shape index (κ1) is 33.0. The molecular weight excluding hydrogens is 566 g/mol. The van der Waals surface area contributed by atoms with E-state index in [0.29, 0.717) is 42.9 Å². The number of carbonyl (C=O) groups excluding carboxylic acids is 1. The molecule has 10 heteroatoms. The average molecular weight is 609 g/mol. The van der Waals surface area contributed by atoms with E-state index in [0.717, 1.165) is 22.3 Å². The van der Waals surface area contributed by atoms with E-state index in [9.17, 15) is 23.9 Å². The highest BCUT2D eigenvalue weighted by Crippen LogP contribution is 2.33. The molecule has 0 bridgehead atoms. The summed E-state index contributed by atoms with van der Waals surface area (Å²) < 4.78 is 30.2. The molecule has 2 aromatic carbocycles. The van der Waals surface area contributed by atoms with Gasteiger partial charge >= 0.3 is 5.97 Å². The zero-order valence-corrected chi connectivity index (χ0v) is 26.3. The normalized spacial score (nSPS) is 15.2. The molecule has 0 saturated carbocycles. The van der Waals surface area contributed by atoms with E-state index in [1.54, 1.807) is 32.0 Å². The highest BCUT2D eigenvalue weighted by Gasteiger charge is 2.31. The van der Waals surface area contributed by atoms with Crippen molar-refractivity contribution in [1.82, 2.24) is 20.0 Å². The van der Waals surface area contributed by atoms with Crippen LogP contribution in [0.3, 0.4) is 0 Å². The molecule has 2 N–H and O–H groups in total. The number of nitrogens with zero attached hydrogens (tertiary/aromatic N) is 3. The first-order valence-electron chi connectivity index (χ1n) is 15.1. The number of carboxylic acids is 1. The number of aliphatic carboxylic acids is 1. The van der Waals surface area contributed by atoms with Gasteiger partial charge in [-0.2, -0.15) is 5.10 Å².